The summed E-state index contributed by atoms with van der Waals surface area (Å²) in [6.45, 7) is 4.47. The van der Waals surface area contributed by atoms with Gasteiger partial charge in [0.15, 0.2) is 0 Å². The Balaban J connectivity index is 1.77. The van der Waals surface area contributed by atoms with Crippen molar-refractivity contribution in [3.8, 4) is 5.75 Å². The number of hydrogen-bond donors (Lipinski definition) is 1. The molecule has 1 aromatic heterocycles. The highest BCUT2D eigenvalue weighted by atomic mass is 35.5. The van der Waals surface area contributed by atoms with Gasteiger partial charge in [-0.3, -0.25) is 9.59 Å². The van der Waals surface area contributed by atoms with Crippen LogP contribution in [0.4, 0.5) is 0 Å². The van der Waals surface area contributed by atoms with Crippen molar-refractivity contribution in [3.63, 3.8) is 0 Å². The number of aliphatic hydroxyl groups excluding tert-OH is 1. The molecule has 0 saturated carbocycles. The predicted molar refractivity (Wildman–Crippen MR) is 136 cm³/mol. The van der Waals surface area contributed by atoms with Gasteiger partial charge in [-0.1, -0.05) is 35.3 Å². The fourth-order valence-corrected chi connectivity index (χ4v) is 5.37. The Labute approximate surface area is 212 Å². The topological polar surface area (TPSA) is 66.8 Å². The van der Waals surface area contributed by atoms with Crippen LogP contribution < -0.4 is 4.74 Å². The number of aliphatic hydroxyl groups is 1. The Morgan fingerprint density at radius 2 is 1.85 bits per heavy atom. The molecule has 0 spiro atoms. The van der Waals surface area contributed by atoms with Crippen LogP contribution in [0.2, 0.25) is 10.0 Å². The van der Waals surface area contributed by atoms with Crippen molar-refractivity contribution < 1.29 is 19.4 Å². The molecule has 2 heterocycles. The highest BCUT2D eigenvalue weighted by Crippen LogP contribution is 2.43. The highest BCUT2D eigenvalue weighted by Gasteiger charge is 2.46. The first-order valence-electron chi connectivity index (χ1n) is 10.8. The van der Waals surface area contributed by atoms with Gasteiger partial charge in [0.25, 0.3) is 11.7 Å². The van der Waals surface area contributed by atoms with Crippen molar-refractivity contribution in [2.24, 2.45) is 0 Å². The molecule has 0 bridgehead atoms. The van der Waals surface area contributed by atoms with Gasteiger partial charge >= 0.3 is 0 Å². The summed E-state index contributed by atoms with van der Waals surface area (Å²) in [5.74, 6) is -1.19. The van der Waals surface area contributed by atoms with Crippen LogP contribution in [0.15, 0.2) is 59.5 Å². The molecule has 1 amide bonds. The molecule has 1 atom stereocenters. The van der Waals surface area contributed by atoms with Crippen molar-refractivity contribution >= 4 is 52.0 Å². The first-order chi connectivity index (χ1) is 16.3. The Bertz CT molecular complexity index is 1270. The fourth-order valence-electron chi connectivity index (χ4n) is 4.02. The van der Waals surface area contributed by atoms with Crippen LogP contribution in [-0.4, -0.2) is 34.8 Å². The van der Waals surface area contributed by atoms with E-state index in [-0.39, 0.29) is 11.3 Å². The van der Waals surface area contributed by atoms with Crippen molar-refractivity contribution in [1.82, 2.24) is 4.90 Å². The number of rotatable bonds is 7. The highest BCUT2D eigenvalue weighted by molar-refractivity contribution is 7.10. The molecule has 0 aliphatic carbocycles. The van der Waals surface area contributed by atoms with Crippen LogP contribution in [0.3, 0.4) is 0 Å². The van der Waals surface area contributed by atoms with Crippen LogP contribution in [0.5, 0.6) is 5.75 Å². The first kappa shape index (κ1) is 24.3. The number of halogens is 2. The number of carbonyl (C=O) groups is 2. The molecule has 1 N–H and O–H groups in total. The molecule has 1 aliphatic rings. The second-order valence-electron chi connectivity index (χ2n) is 7.92. The summed E-state index contributed by atoms with van der Waals surface area (Å²) in [6, 6.07) is 13.4. The largest absolute Gasteiger partial charge is 0.507 e. The average molecular weight is 516 g/mol. The third-order valence-electron chi connectivity index (χ3n) is 5.75. The smallest absolute Gasteiger partial charge is 0.295 e. The lowest BCUT2D eigenvalue weighted by molar-refractivity contribution is -0.139. The standard InChI is InChI=1S/C26H23Cl2NO4S/c1-3-33-20-14-17(6-9-19(20)28)23(30)21-22(25-15(2)11-13-34-25)29(26(32)24(21)31)12-10-16-4-7-18(27)8-5-16/h4-9,11,13-14,22,30H,3,10,12H2,1-2H3/b23-21-. The predicted octanol–water partition coefficient (Wildman–Crippen LogP) is 6.43. The van der Waals surface area contributed by atoms with Gasteiger partial charge in [-0.05, 0) is 73.2 Å². The zero-order valence-electron chi connectivity index (χ0n) is 18.7. The first-order valence-corrected chi connectivity index (χ1v) is 12.4. The van der Waals surface area contributed by atoms with Crippen LogP contribution >= 0.6 is 34.5 Å². The molecule has 34 heavy (non-hydrogen) atoms. The molecule has 1 aliphatic heterocycles. The van der Waals surface area contributed by atoms with Crippen LogP contribution in [0, 0.1) is 6.92 Å². The monoisotopic (exact) mass is 515 g/mol. The Hall–Kier alpha value is -2.80. The molecule has 0 radical (unpaired) electrons. The van der Waals surface area contributed by atoms with E-state index >= 15 is 0 Å². The van der Waals surface area contributed by atoms with Gasteiger partial charge in [-0.2, -0.15) is 0 Å². The minimum Gasteiger partial charge on any atom is -0.507 e. The van der Waals surface area contributed by atoms with Gasteiger partial charge in [0.05, 0.1) is 23.2 Å². The van der Waals surface area contributed by atoms with E-state index in [2.05, 4.69) is 0 Å². The molecule has 1 saturated heterocycles. The number of Topliss-reactive ketones (excluding diaryl/α,β-unsaturated/α-hetero) is 1. The van der Waals surface area contributed by atoms with Gasteiger partial charge in [0.2, 0.25) is 0 Å². The number of carbonyl (C=O) groups excluding carboxylic acids is 2. The maximum Gasteiger partial charge on any atom is 0.295 e. The number of benzene rings is 2. The van der Waals surface area contributed by atoms with Crippen molar-refractivity contribution in [3.05, 3.63) is 91.1 Å². The molecule has 3 aromatic rings. The van der Waals surface area contributed by atoms with Crippen molar-refractivity contribution in [2.75, 3.05) is 13.2 Å². The van der Waals surface area contributed by atoms with E-state index in [0.717, 1.165) is 16.0 Å². The quantitative estimate of drug-likeness (QED) is 0.223. The second kappa shape index (κ2) is 10.2. The Kier molecular flexibility index (Phi) is 7.31. The number of hydrogen-bond acceptors (Lipinski definition) is 5. The number of likely N-dealkylation sites (tertiary alicyclic amines) is 1. The zero-order chi connectivity index (χ0) is 24.4. The molecule has 176 valence electrons. The summed E-state index contributed by atoms with van der Waals surface area (Å²) >= 11 is 13.6. The lowest BCUT2D eigenvalue weighted by Crippen LogP contribution is -2.31. The normalized spacial score (nSPS) is 17.4. The summed E-state index contributed by atoms with van der Waals surface area (Å²) in [5, 5.41) is 14.2. The molecule has 1 fully saturated rings. The van der Waals surface area contributed by atoms with E-state index in [1.165, 1.54) is 11.3 Å². The number of thiophene rings is 1. The van der Waals surface area contributed by atoms with Crippen molar-refractivity contribution in [1.29, 1.82) is 0 Å². The molecular formula is C26H23Cl2NO4S. The average Bonchev–Trinajstić information content (AvgIpc) is 3.35. The number of nitrogens with zero attached hydrogens (tertiary/aromatic N) is 1. The minimum atomic E-state index is -0.709. The molecule has 5 nitrogen and oxygen atoms in total. The summed E-state index contributed by atoms with van der Waals surface area (Å²) in [5.41, 5.74) is 2.37. The molecular weight excluding hydrogens is 493 g/mol. The third-order valence-corrected chi connectivity index (χ3v) is 7.38. The van der Waals surface area contributed by atoms with Crippen LogP contribution in [0.25, 0.3) is 5.76 Å². The number of ether oxygens (including phenoxy) is 1. The van der Waals surface area contributed by atoms with Crippen molar-refractivity contribution in [2.45, 2.75) is 26.3 Å². The van der Waals surface area contributed by atoms with Crippen LogP contribution in [-0.2, 0) is 16.0 Å². The SMILES string of the molecule is CCOc1cc(/C(O)=C2/C(=O)C(=O)N(CCc3ccc(Cl)cc3)C2c2sccc2C)ccc1Cl. The lowest BCUT2D eigenvalue weighted by Gasteiger charge is -2.25. The van der Waals surface area contributed by atoms with Crippen LogP contribution in [0.1, 0.15) is 34.5 Å². The maximum absolute atomic E-state index is 13.2. The number of ketones is 1. The Morgan fingerprint density at radius 3 is 2.50 bits per heavy atom. The number of aryl methyl sites for hydroxylation is 1. The summed E-state index contributed by atoms with van der Waals surface area (Å²) in [4.78, 5) is 28.7. The van der Waals surface area contributed by atoms with Gasteiger partial charge in [0, 0.05) is 22.0 Å². The Morgan fingerprint density at radius 1 is 1.12 bits per heavy atom. The zero-order valence-corrected chi connectivity index (χ0v) is 21.0. The minimum absolute atomic E-state index is 0.0661. The van der Waals surface area contributed by atoms with E-state index in [9.17, 15) is 14.7 Å². The van der Waals surface area contributed by atoms with E-state index in [1.54, 1.807) is 35.2 Å². The molecule has 2 aromatic carbocycles. The lowest BCUT2D eigenvalue weighted by atomic mass is 9.98. The third kappa shape index (κ3) is 4.71. The summed E-state index contributed by atoms with van der Waals surface area (Å²) in [6.07, 6.45) is 0.542. The second-order valence-corrected chi connectivity index (χ2v) is 9.71. The maximum atomic E-state index is 13.2. The molecule has 8 heteroatoms. The van der Waals surface area contributed by atoms with E-state index < -0.39 is 17.7 Å². The van der Waals surface area contributed by atoms with Gasteiger partial charge < -0.3 is 14.7 Å². The van der Waals surface area contributed by atoms with Gasteiger partial charge in [-0.15, -0.1) is 11.3 Å². The van der Waals surface area contributed by atoms with E-state index in [1.807, 2.05) is 37.4 Å². The van der Waals surface area contributed by atoms with E-state index in [4.69, 9.17) is 27.9 Å². The summed E-state index contributed by atoms with van der Waals surface area (Å²) in [7, 11) is 0. The molecule has 1 unspecified atom stereocenters. The summed E-state index contributed by atoms with van der Waals surface area (Å²) < 4.78 is 5.54. The van der Waals surface area contributed by atoms with Gasteiger partial charge in [0.1, 0.15) is 11.5 Å². The van der Waals surface area contributed by atoms with Gasteiger partial charge in [-0.25, -0.2) is 0 Å². The molecule has 4 rings (SSSR count). The fraction of sp³-hybridized carbons (Fsp3) is 0.231. The van der Waals surface area contributed by atoms with E-state index in [0.29, 0.717) is 40.9 Å². The number of amides is 1.